The van der Waals surface area contributed by atoms with Crippen LogP contribution in [-0.4, -0.2) is 51.5 Å². The molecule has 4 rings (SSSR count). The van der Waals surface area contributed by atoms with E-state index in [0.717, 1.165) is 16.5 Å². The molecule has 2 saturated heterocycles. The van der Waals surface area contributed by atoms with Crippen molar-refractivity contribution >= 4 is 51.2 Å². The lowest BCUT2D eigenvalue weighted by Gasteiger charge is -2.33. The summed E-state index contributed by atoms with van der Waals surface area (Å²) in [6, 6.07) is 9.88. The molecule has 0 atom stereocenters. The fraction of sp³-hybridized carbons (Fsp3) is 0.235. The fourth-order valence-electron chi connectivity index (χ4n) is 2.79. The normalized spacial score (nSPS) is 21.2. The number of fused-ring (bicyclic) bond motifs is 1. The molecule has 5 nitrogen and oxygen atoms in total. The monoisotopic (exact) mass is 357 g/mol. The summed E-state index contributed by atoms with van der Waals surface area (Å²) in [5.74, 6) is -0.0572. The average Bonchev–Trinajstić information content (AvgIpc) is 2.89. The quantitative estimate of drug-likeness (QED) is 0.608. The minimum atomic E-state index is -0.0572. The Bertz CT molecular complexity index is 847. The number of ether oxygens (including phenoxy) is 1. The molecule has 2 aromatic rings. The zero-order chi connectivity index (χ0) is 16.5. The first kappa shape index (κ1) is 15.7. The molecule has 0 bridgehead atoms. The number of rotatable bonds is 2. The standard InChI is InChI=1S/C17H15N3O2S2/c21-16-15(24-17(23)20(16)19-6-8-22-9-7-19)11-12-3-4-14-13(10-12)2-1-5-18-14/h1-5,10-11H,6-9H2/b15-11-. The third kappa shape index (κ3) is 2.95. The number of hydrazine groups is 1. The maximum atomic E-state index is 12.7. The van der Waals surface area contributed by atoms with Crippen molar-refractivity contribution in [2.75, 3.05) is 26.3 Å². The number of thiocarbonyl (C=S) groups is 1. The van der Waals surface area contributed by atoms with Crippen LogP contribution in [0.2, 0.25) is 0 Å². The predicted molar refractivity (Wildman–Crippen MR) is 99.1 cm³/mol. The van der Waals surface area contributed by atoms with E-state index < -0.39 is 0 Å². The molecule has 0 unspecified atom stereocenters. The second kappa shape index (κ2) is 6.60. The summed E-state index contributed by atoms with van der Waals surface area (Å²) in [7, 11) is 0. The van der Waals surface area contributed by atoms with E-state index in [9.17, 15) is 4.79 Å². The number of hydrogen-bond donors (Lipinski definition) is 0. The third-order valence-electron chi connectivity index (χ3n) is 3.97. The first-order valence-electron chi connectivity index (χ1n) is 7.68. The summed E-state index contributed by atoms with van der Waals surface area (Å²) in [6.07, 6.45) is 3.67. The molecule has 2 aliphatic rings. The topological polar surface area (TPSA) is 45.7 Å². The Morgan fingerprint density at radius 2 is 2.08 bits per heavy atom. The Labute approximate surface area is 149 Å². The van der Waals surface area contributed by atoms with Crippen molar-refractivity contribution in [3.63, 3.8) is 0 Å². The number of morpholine rings is 1. The Balaban J connectivity index is 1.62. The van der Waals surface area contributed by atoms with Gasteiger partial charge in [-0.25, -0.2) is 10.0 Å². The van der Waals surface area contributed by atoms with Gasteiger partial charge in [-0.1, -0.05) is 36.1 Å². The zero-order valence-electron chi connectivity index (χ0n) is 12.8. The van der Waals surface area contributed by atoms with Gasteiger partial charge in [0.05, 0.1) is 23.6 Å². The molecule has 0 N–H and O–H groups in total. The number of benzene rings is 1. The summed E-state index contributed by atoms with van der Waals surface area (Å²) >= 11 is 6.75. The Kier molecular flexibility index (Phi) is 4.32. The van der Waals surface area contributed by atoms with Gasteiger partial charge in [0.25, 0.3) is 5.91 Å². The van der Waals surface area contributed by atoms with Gasteiger partial charge in [-0.05, 0) is 29.8 Å². The van der Waals surface area contributed by atoms with E-state index in [0.29, 0.717) is 35.5 Å². The van der Waals surface area contributed by atoms with Crippen LogP contribution < -0.4 is 0 Å². The molecule has 1 aromatic carbocycles. The number of pyridine rings is 1. The highest BCUT2D eigenvalue weighted by Crippen LogP contribution is 2.34. The molecule has 0 radical (unpaired) electrons. The van der Waals surface area contributed by atoms with E-state index in [4.69, 9.17) is 17.0 Å². The molecule has 2 fully saturated rings. The van der Waals surface area contributed by atoms with Crippen LogP contribution in [-0.2, 0) is 9.53 Å². The SMILES string of the molecule is O=C1/C(=C/c2ccc3ncccc3c2)SC(=S)N1N1CCOCC1. The molecule has 1 aromatic heterocycles. The Morgan fingerprint density at radius 3 is 2.92 bits per heavy atom. The number of aromatic nitrogens is 1. The third-order valence-corrected chi connectivity index (χ3v) is 5.25. The van der Waals surface area contributed by atoms with E-state index in [2.05, 4.69) is 4.98 Å². The number of hydrogen-bond acceptors (Lipinski definition) is 6. The van der Waals surface area contributed by atoms with E-state index in [1.54, 1.807) is 11.2 Å². The van der Waals surface area contributed by atoms with E-state index in [1.807, 2.05) is 41.4 Å². The Morgan fingerprint density at radius 1 is 1.25 bits per heavy atom. The smallest absolute Gasteiger partial charge is 0.280 e. The predicted octanol–water partition coefficient (Wildman–Crippen LogP) is 2.68. The van der Waals surface area contributed by atoms with Gasteiger partial charge in [-0.3, -0.25) is 9.78 Å². The summed E-state index contributed by atoms with van der Waals surface area (Å²) in [6.45, 7) is 2.60. The minimum absolute atomic E-state index is 0.0572. The molecule has 3 heterocycles. The number of nitrogens with zero attached hydrogens (tertiary/aromatic N) is 3. The lowest BCUT2D eigenvalue weighted by molar-refractivity contribution is -0.138. The highest BCUT2D eigenvalue weighted by Gasteiger charge is 2.36. The van der Waals surface area contributed by atoms with Gasteiger partial charge in [0.15, 0.2) is 4.32 Å². The number of carbonyl (C=O) groups is 1. The highest BCUT2D eigenvalue weighted by atomic mass is 32.2. The molecular formula is C17H15N3O2S2. The van der Waals surface area contributed by atoms with E-state index in [-0.39, 0.29) is 5.91 Å². The van der Waals surface area contributed by atoms with Crippen molar-refractivity contribution in [2.24, 2.45) is 0 Å². The van der Waals surface area contributed by atoms with Gasteiger partial charge in [0, 0.05) is 24.7 Å². The number of amides is 1. The average molecular weight is 357 g/mol. The van der Waals surface area contributed by atoms with Crippen molar-refractivity contribution in [3.8, 4) is 0 Å². The van der Waals surface area contributed by atoms with Gasteiger partial charge >= 0.3 is 0 Å². The van der Waals surface area contributed by atoms with Crippen molar-refractivity contribution in [2.45, 2.75) is 0 Å². The largest absolute Gasteiger partial charge is 0.379 e. The van der Waals surface area contributed by atoms with E-state index in [1.165, 1.54) is 11.8 Å². The number of thioether (sulfide) groups is 1. The fourth-order valence-corrected chi connectivity index (χ4v) is 4.10. The van der Waals surface area contributed by atoms with Crippen LogP contribution in [0, 0.1) is 0 Å². The van der Waals surface area contributed by atoms with Crippen LogP contribution in [0.25, 0.3) is 17.0 Å². The van der Waals surface area contributed by atoms with Gasteiger partial charge in [-0.15, -0.1) is 0 Å². The van der Waals surface area contributed by atoms with Gasteiger partial charge in [0.1, 0.15) is 0 Å². The summed E-state index contributed by atoms with van der Waals surface area (Å²) in [5, 5.41) is 4.62. The molecule has 122 valence electrons. The first-order valence-corrected chi connectivity index (χ1v) is 8.90. The van der Waals surface area contributed by atoms with Crippen molar-refractivity contribution in [1.82, 2.24) is 15.0 Å². The van der Waals surface area contributed by atoms with Crippen molar-refractivity contribution < 1.29 is 9.53 Å². The van der Waals surface area contributed by atoms with Gasteiger partial charge in [0.2, 0.25) is 0 Å². The van der Waals surface area contributed by atoms with Crippen LogP contribution in [0.3, 0.4) is 0 Å². The first-order chi connectivity index (χ1) is 11.7. The van der Waals surface area contributed by atoms with Gasteiger partial charge in [-0.2, -0.15) is 0 Å². The minimum Gasteiger partial charge on any atom is -0.379 e. The molecule has 2 aliphatic heterocycles. The van der Waals surface area contributed by atoms with Gasteiger partial charge < -0.3 is 4.74 Å². The van der Waals surface area contributed by atoms with Crippen LogP contribution in [0.4, 0.5) is 0 Å². The summed E-state index contributed by atoms with van der Waals surface area (Å²) < 4.78 is 5.92. The summed E-state index contributed by atoms with van der Waals surface area (Å²) in [5.41, 5.74) is 1.91. The molecule has 0 spiro atoms. The van der Waals surface area contributed by atoms with Crippen LogP contribution in [0.1, 0.15) is 5.56 Å². The maximum absolute atomic E-state index is 12.7. The lowest BCUT2D eigenvalue weighted by atomic mass is 10.1. The second-order valence-corrected chi connectivity index (χ2v) is 7.19. The molecule has 24 heavy (non-hydrogen) atoms. The summed E-state index contributed by atoms with van der Waals surface area (Å²) in [4.78, 5) is 17.7. The molecule has 0 aliphatic carbocycles. The Hall–Kier alpha value is -1.80. The van der Waals surface area contributed by atoms with Crippen LogP contribution >= 0.6 is 24.0 Å². The molecule has 0 saturated carbocycles. The maximum Gasteiger partial charge on any atom is 0.280 e. The molecule has 7 heteroatoms. The highest BCUT2D eigenvalue weighted by molar-refractivity contribution is 8.26. The van der Waals surface area contributed by atoms with Crippen molar-refractivity contribution in [3.05, 3.63) is 47.0 Å². The second-order valence-electron chi connectivity index (χ2n) is 5.52. The van der Waals surface area contributed by atoms with Crippen LogP contribution in [0.15, 0.2) is 41.4 Å². The van der Waals surface area contributed by atoms with E-state index >= 15 is 0 Å². The van der Waals surface area contributed by atoms with Crippen molar-refractivity contribution in [1.29, 1.82) is 0 Å². The zero-order valence-corrected chi connectivity index (χ0v) is 14.5. The van der Waals surface area contributed by atoms with Crippen LogP contribution in [0.5, 0.6) is 0 Å². The number of carbonyl (C=O) groups excluding carboxylic acids is 1. The lowest BCUT2D eigenvalue weighted by Crippen LogP contribution is -2.50. The molecule has 1 amide bonds. The molecular weight excluding hydrogens is 342 g/mol.